The molecule has 1 N–H and O–H groups in total. The predicted octanol–water partition coefficient (Wildman–Crippen LogP) is 2.59. The zero-order valence-electron chi connectivity index (χ0n) is 14.2. The van der Waals surface area contributed by atoms with Crippen LogP contribution >= 0.6 is 23.1 Å². The van der Waals surface area contributed by atoms with Gasteiger partial charge in [-0.25, -0.2) is 4.98 Å². The molecular weight excluding hydrogens is 374 g/mol. The highest BCUT2D eigenvalue weighted by Gasteiger charge is 2.12. The highest BCUT2D eigenvalue weighted by molar-refractivity contribution is 7.99. The Labute approximate surface area is 158 Å². The van der Waals surface area contributed by atoms with E-state index in [1.54, 1.807) is 18.7 Å². The first-order valence-corrected chi connectivity index (χ1v) is 9.49. The Morgan fingerprint density at radius 2 is 2.04 bits per heavy atom. The molecule has 0 unspecified atom stereocenters. The van der Waals surface area contributed by atoms with Crippen molar-refractivity contribution in [2.75, 3.05) is 18.2 Å². The number of aromatic nitrogens is 4. The lowest BCUT2D eigenvalue weighted by Crippen LogP contribution is -2.14. The van der Waals surface area contributed by atoms with Crippen molar-refractivity contribution in [3.63, 3.8) is 0 Å². The second kappa shape index (κ2) is 8.68. The van der Waals surface area contributed by atoms with E-state index in [1.807, 2.05) is 35.9 Å². The van der Waals surface area contributed by atoms with Gasteiger partial charge in [-0.15, -0.1) is 21.5 Å². The van der Waals surface area contributed by atoms with Crippen LogP contribution in [0.4, 0.5) is 5.13 Å². The van der Waals surface area contributed by atoms with Gasteiger partial charge >= 0.3 is 0 Å². The molecule has 2 heterocycles. The number of methoxy groups -OCH3 is 1. The lowest BCUT2D eigenvalue weighted by Gasteiger charge is -2.07. The van der Waals surface area contributed by atoms with E-state index in [0.29, 0.717) is 21.9 Å². The fourth-order valence-electron chi connectivity index (χ4n) is 1.99. The minimum absolute atomic E-state index is 0.135. The number of amides is 1. The lowest BCUT2D eigenvalue weighted by atomic mass is 10.3. The largest absolute Gasteiger partial charge is 0.497 e. The number of hydrogen-bond acceptors (Lipinski definition) is 8. The molecule has 3 aromatic rings. The molecule has 0 aliphatic rings. The van der Waals surface area contributed by atoms with E-state index >= 15 is 0 Å². The van der Waals surface area contributed by atoms with Crippen LogP contribution < -0.4 is 14.8 Å². The van der Waals surface area contributed by atoms with Gasteiger partial charge < -0.3 is 19.4 Å². The van der Waals surface area contributed by atoms with Gasteiger partial charge in [0.1, 0.15) is 18.1 Å². The summed E-state index contributed by atoms with van der Waals surface area (Å²) < 4.78 is 12.6. The minimum Gasteiger partial charge on any atom is -0.497 e. The van der Waals surface area contributed by atoms with Crippen LogP contribution in [0.25, 0.3) is 0 Å². The summed E-state index contributed by atoms with van der Waals surface area (Å²) in [4.78, 5) is 15.9. The van der Waals surface area contributed by atoms with Crippen molar-refractivity contribution >= 4 is 34.1 Å². The highest BCUT2D eigenvalue weighted by atomic mass is 32.2. The van der Waals surface area contributed by atoms with E-state index < -0.39 is 0 Å². The van der Waals surface area contributed by atoms with Crippen molar-refractivity contribution in [2.45, 2.75) is 11.8 Å². The van der Waals surface area contributed by atoms with E-state index in [-0.39, 0.29) is 18.3 Å². The van der Waals surface area contributed by atoms with E-state index in [4.69, 9.17) is 9.47 Å². The molecule has 0 fully saturated rings. The maximum absolute atomic E-state index is 11.9. The number of nitrogens with zero attached hydrogens (tertiary/aromatic N) is 4. The molecule has 26 heavy (non-hydrogen) atoms. The van der Waals surface area contributed by atoms with Crippen LogP contribution in [0, 0.1) is 0 Å². The summed E-state index contributed by atoms with van der Waals surface area (Å²) in [6, 6.07) is 7.31. The van der Waals surface area contributed by atoms with Crippen LogP contribution in [-0.2, 0) is 18.4 Å². The molecule has 2 aromatic heterocycles. The van der Waals surface area contributed by atoms with Crippen molar-refractivity contribution in [1.29, 1.82) is 0 Å². The number of anilines is 1. The Morgan fingerprint density at radius 1 is 1.27 bits per heavy atom. The second-order valence-corrected chi connectivity index (χ2v) is 6.93. The van der Waals surface area contributed by atoms with E-state index in [2.05, 4.69) is 20.5 Å². The smallest absolute Gasteiger partial charge is 0.236 e. The van der Waals surface area contributed by atoms with Gasteiger partial charge in [-0.2, -0.15) is 0 Å². The summed E-state index contributed by atoms with van der Waals surface area (Å²) in [5.41, 5.74) is 0. The molecule has 8 nitrogen and oxygen atoms in total. The third kappa shape index (κ3) is 4.73. The molecule has 10 heteroatoms. The maximum Gasteiger partial charge on any atom is 0.236 e. The number of nitrogens with one attached hydrogen (secondary N) is 1. The Kier molecular flexibility index (Phi) is 6.08. The molecule has 1 aromatic carbocycles. The first-order valence-electron chi connectivity index (χ1n) is 7.63. The van der Waals surface area contributed by atoms with Gasteiger partial charge in [0.15, 0.2) is 16.1 Å². The molecule has 0 aliphatic heterocycles. The second-order valence-electron chi connectivity index (χ2n) is 5.10. The van der Waals surface area contributed by atoms with Gasteiger partial charge in [0, 0.05) is 18.6 Å². The summed E-state index contributed by atoms with van der Waals surface area (Å²) in [5.74, 6) is 2.24. The first-order chi connectivity index (χ1) is 12.7. The molecule has 0 aliphatic carbocycles. The minimum atomic E-state index is -0.135. The maximum atomic E-state index is 11.9. The average Bonchev–Trinajstić information content (AvgIpc) is 3.29. The SMILES string of the molecule is COc1ccc(OCc2nnc(SCC(=O)Nc3nccs3)n2C)cc1. The zero-order chi connectivity index (χ0) is 18.4. The molecule has 0 radical (unpaired) electrons. The average molecular weight is 391 g/mol. The van der Waals surface area contributed by atoms with Crippen molar-refractivity contribution in [1.82, 2.24) is 19.7 Å². The third-order valence-corrected chi connectivity index (χ3v) is 5.07. The molecule has 3 rings (SSSR count). The molecular formula is C16H17N5O3S2. The van der Waals surface area contributed by atoms with Crippen molar-refractivity contribution < 1.29 is 14.3 Å². The molecule has 0 atom stereocenters. The third-order valence-electron chi connectivity index (χ3n) is 3.36. The van der Waals surface area contributed by atoms with E-state index in [1.165, 1.54) is 23.1 Å². The van der Waals surface area contributed by atoms with Crippen LogP contribution in [-0.4, -0.2) is 38.5 Å². The monoisotopic (exact) mass is 391 g/mol. The summed E-state index contributed by atoms with van der Waals surface area (Å²) in [6.45, 7) is 0.279. The van der Waals surface area contributed by atoms with Crippen molar-refractivity contribution in [3.8, 4) is 11.5 Å². The number of ether oxygens (including phenoxy) is 2. The van der Waals surface area contributed by atoms with Gasteiger partial charge in [0.2, 0.25) is 5.91 Å². The molecule has 136 valence electrons. The van der Waals surface area contributed by atoms with Crippen LogP contribution in [0.2, 0.25) is 0 Å². The van der Waals surface area contributed by atoms with Gasteiger partial charge in [-0.1, -0.05) is 11.8 Å². The summed E-state index contributed by atoms with van der Waals surface area (Å²) in [6.07, 6.45) is 1.64. The quantitative estimate of drug-likeness (QED) is 0.590. The van der Waals surface area contributed by atoms with Gasteiger partial charge in [0.25, 0.3) is 0 Å². The Bertz CT molecular complexity index is 849. The number of thiazole rings is 1. The van der Waals surface area contributed by atoms with E-state index in [9.17, 15) is 4.79 Å². The Morgan fingerprint density at radius 3 is 2.73 bits per heavy atom. The van der Waals surface area contributed by atoms with Gasteiger partial charge in [-0.05, 0) is 24.3 Å². The first kappa shape index (κ1) is 18.2. The summed E-state index contributed by atoms with van der Waals surface area (Å²) in [5, 5.41) is 14.0. The predicted molar refractivity (Wildman–Crippen MR) is 99.8 cm³/mol. The van der Waals surface area contributed by atoms with Crippen LogP contribution in [0.15, 0.2) is 41.0 Å². The topological polar surface area (TPSA) is 91.2 Å². The van der Waals surface area contributed by atoms with Crippen molar-refractivity contribution in [3.05, 3.63) is 41.7 Å². The Balaban J connectivity index is 1.51. The van der Waals surface area contributed by atoms with Crippen LogP contribution in [0.1, 0.15) is 5.82 Å². The fraction of sp³-hybridized carbons (Fsp3) is 0.250. The Hall–Kier alpha value is -2.59. The van der Waals surface area contributed by atoms with Crippen molar-refractivity contribution in [2.24, 2.45) is 7.05 Å². The van der Waals surface area contributed by atoms with Crippen LogP contribution in [0.5, 0.6) is 11.5 Å². The summed E-state index contributed by atoms with van der Waals surface area (Å²) in [7, 11) is 3.46. The fourth-order valence-corrected chi connectivity index (χ4v) is 3.26. The normalized spacial score (nSPS) is 10.5. The number of benzene rings is 1. The standard InChI is InChI=1S/C16H17N5O3S2/c1-21-13(9-24-12-5-3-11(23-2)4-6-12)19-20-16(21)26-10-14(22)18-15-17-7-8-25-15/h3-8H,9-10H2,1-2H3,(H,17,18,22). The lowest BCUT2D eigenvalue weighted by molar-refractivity contribution is -0.113. The molecule has 0 spiro atoms. The number of carbonyl (C=O) groups is 1. The van der Waals surface area contributed by atoms with E-state index in [0.717, 1.165) is 5.75 Å². The van der Waals surface area contributed by atoms with Gasteiger partial charge in [-0.3, -0.25) is 4.79 Å². The molecule has 0 saturated heterocycles. The number of thioether (sulfide) groups is 1. The molecule has 1 amide bonds. The zero-order valence-corrected chi connectivity index (χ0v) is 15.8. The molecule has 0 bridgehead atoms. The van der Waals surface area contributed by atoms with Gasteiger partial charge in [0.05, 0.1) is 12.9 Å². The molecule has 0 saturated carbocycles. The number of carbonyl (C=O) groups excluding carboxylic acids is 1. The van der Waals surface area contributed by atoms with Crippen LogP contribution in [0.3, 0.4) is 0 Å². The highest BCUT2D eigenvalue weighted by Crippen LogP contribution is 2.20. The number of hydrogen-bond donors (Lipinski definition) is 1. The summed E-state index contributed by atoms with van der Waals surface area (Å²) >= 11 is 2.68. The number of rotatable bonds is 8.